The van der Waals surface area contributed by atoms with Crippen LogP contribution in [0.2, 0.25) is 0 Å². The zero-order chi connectivity index (χ0) is 18.0. The molecule has 2 fully saturated rings. The standard InChI is InChI=1S/C19H27F2N3O/c1-13(16-9-19(20,21)10-16)23-17-6-4-14(5-7-17)11-24-8-2-3-15(12-24)18(22)25/h4-7,13,15-16,23H,2-3,8-12H2,1H3,(H2,22,25). The van der Waals surface area contributed by atoms with Crippen molar-refractivity contribution in [2.75, 3.05) is 18.4 Å². The van der Waals surface area contributed by atoms with Crippen molar-refractivity contribution in [3.8, 4) is 0 Å². The van der Waals surface area contributed by atoms with Crippen LogP contribution in [-0.4, -0.2) is 35.9 Å². The highest BCUT2D eigenvalue weighted by Gasteiger charge is 2.47. The minimum Gasteiger partial charge on any atom is -0.382 e. The van der Waals surface area contributed by atoms with Crippen LogP contribution < -0.4 is 11.1 Å². The summed E-state index contributed by atoms with van der Waals surface area (Å²) in [5.41, 5.74) is 7.56. The van der Waals surface area contributed by atoms with E-state index in [1.807, 2.05) is 19.1 Å². The number of rotatable bonds is 6. The molecule has 1 amide bonds. The number of nitrogens with one attached hydrogen (secondary N) is 1. The van der Waals surface area contributed by atoms with E-state index in [0.717, 1.165) is 38.2 Å². The number of hydrogen-bond acceptors (Lipinski definition) is 3. The number of halogens is 2. The maximum atomic E-state index is 13.0. The minimum absolute atomic E-state index is 0.0186. The lowest BCUT2D eigenvalue weighted by Crippen LogP contribution is -2.43. The van der Waals surface area contributed by atoms with Crippen LogP contribution >= 0.6 is 0 Å². The summed E-state index contributed by atoms with van der Waals surface area (Å²) in [4.78, 5) is 13.6. The van der Waals surface area contributed by atoms with Gasteiger partial charge in [0.1, 0.15) is 0 Å². The Hall–Kier alpha value is -1.69. The van der Waals surface area contributed by atoms with Crippen LogP contribution in [0.1, 0.15) is 38.2 Å². The van der Waals surface area contributed by atoms with Gasteiger partial charge in [-0.2, -0.15) is 0 Å². The summed E-state index contributed by atoms with van der Waals surface area (Å²) in [7, 11) is 0. The molecular weight excluding hydrogens is 324 g/mol. The van der Waals surface area contributed by atoms with Gasteiger partial charge in [-0.15, -0.1) is 0 Å². The second-order valence-electron chi connectivity index (χ2n) is 7.63. The fourth-order valence-electron chi connectivity index (χ4n) is 3.84. The van der Waals surface area contributed by atoms with Gasteiger partial charge in [0, 0.05) is 37.7 Å². The zero-order valence-electron chi connectivity index (χ0n) is 14.7. The highest BCUT2D eigenvalue weighted by Crippen LogP contribution is 2.44. The molecule has 0 aromatic heterocycles. The lowest BCUT2D eigenvalue weighted by molar-refractivity contribution is -0.123. The van der Waals surface area contributed by atoms with Gasteiger partial charge in [0.05, 0.1) is 5.92 Å². The predicted octanol–water partition coefficient (Wildman–Crippen LogP) is 3.23. The number of amides is 1. The molecule has 0 spiro atoms. The minimum atomic E-state index is -2.47. The van der Waals surface area contributed by atoms with Gasteiger partial charge in [0.2, 0.25) is 11.8 Å². The van der Waals surface area contributed by atoms with Crippen LogP contribution in [0, 0.1) is 11.8 Å². The molecule has 2 unspecified atom stereocenters. The average Bonchev–Trinajstić information content (AvgIpc) is 2.54. The summed E-state index contributed by atoms with van der Waals surface area (Å²) in [6.45, 7) is 4.47. The monoisotopic (exact) mass is 351 g/mol. The van der Waals surface area contributed by atoms with E-state index < -0.39 is 5.92 Å². The van der Waals surface area contributed by atoms with E-state index in [-0.39, 0.29) is 36.6 Å². The molecule has 1 saturated heterocycles. The van der Waals surface area contributed by atoms with Crippen molar-refractivity contribution in [2.24, 2.45) is 17.6 Å². The van der Waals surface area contributed by atoms with Crippen molar-refractivity contribution in [1.82, 2.24) is 4.90 Å². The molecule has 1 aliphatic heterocycles. The van der Waals surface area contributed by atoms with Crippen molar-refractivity contribution >= 4 is 11.6 Å². The SMILES string of the molecule is CC(Nc1ccc(CN2CCCC(C(N)=O)C2)cc1)C1CC(F)(F)C1. The molecular formula is C19H27F2N3O. The molecule has 0 radical (unpaired) electrons. The molecule has 4 nitrogen and oxygen atoms in total. The topological polar surface area (TPSA) is 58.4 Å². The third-order valence-electron chi connectivity index (χ3n) is 5.49. The van der Waals surface area contributed by atoms with Gasteiger partial charge in [-0.05, 0) is 49.9 Å². The Morgan fingerprint density at radius 2 is 2.04 bits per heavy atom. The molecule has 3 N–H and O–H groups in total. The van der Waals surface area contributed by atoms with Gasteiger partial charge in [-0.25, -0.2) is 8.78 Å². The summed E-state index contributed by atoms with van der Waals surface area (Å²) >= 11 is 0. The van der Waals surface area contributed by atoms with Crippen LogP contribution in [0.15, 0.2) is 24.3 Å². The Morgan fingerprint density at radius 1 is 1.36 bits per heavy atom. The van der Waals surface area contributed by atoms with Gasteiger partial charge >= 0.3 is 0 Å². The molecule has 138 valence electrons. The molecule has 25 heavy (non-hydrogen) atoms. The summed E-state index contributed by atoms with van der Waals surface area (Å²) < 4.78 is 26.0. The van der Waals surface area contributed by atoms with Crippen molar-refractivity contribution < 1.29 is 13.6 Å². The molecule has 1 aromatic carbocycles. The van der Waals surface area contributed by atoms with Crippen molar-refractivity contribution in [2.45, 2.75) is 51.1 Å². The van der Waals surface area contributed by atoms with Gasteiger partial charge < -0.3 is 11.1 Å². The molecule has 0 bridgehead atoms. The fourth-order valence-corrected chi connectivity index (χ4v) is 3.84. The lowest BCUT2D eigenvalue weighted by Gasteiger charge is -2.39. The van der Waals surface area contributed by atoms with Gasteiger partial charge in [-0.3, -0.25) is 9.69 Å². The number of piperidine rings is 1. The van der Waals surface area contributed by atoms with E-state index in [4.69, 9.17) is 5.73 Å². The molecule has 1 heterocycles. The number of hydrogen-bond donors (Lipinski definition) is 2. The van der Waals surface area contributed by atoms with E-state index in [1.165, 1.54) is 5.56 Å². The second kappa shape index (κ2) is 7.28. The number of likely N-dealkylation sites (tertiary alicyclic amines) is 1. The third kappa shape index (κ3) is 4.69. The van der Waals surface area contributed by atoms with Crippen LogP contribution in [0.5, 0.6) is 0 Å². The highest BCUT2D eigenvalue weighted by molar-refractivity contribution is 5.76. The number of alkyl halides is 2. The van der Waals surface area contributed by atoms with Crippen molar-refractivity contribution in [3.63, 3.8) is 0 Å². The number of nitrogens with two attached hydrogens (primary N) is 1. The number of carbonyl (C=O) groups excluding carboxylic acids is 1. The maximum Gasteiger partial charge on any atom is 0.248 e. The van der Waals surface area contributed by atoms with Crippen LogP contribution in [0.25, 0.3) is 0 Å². The first-order chi connectivity index (χ1) is 11.8. The summed E-state index contributed by atoms with van der Waals surface area (Å²) in [5.74, 6) is -2.69. The van der Waals surface area contributed by atoms with Crippen LogP contribution in [-0.2, 0) is 11.3 Å². The number of nitrogens with zero attached hydrogens (tertiary/aromatic N) is 1. The summed E-state index contributed by atoms with van der Waals surface area (Å²) in [6, 6.07) is 8.15. The summed E-state index contributed by atoms with van der Waals surface area (Å²) in [5, 5.41) is 3.33. The number of carbonyl (C=O) groups is 1. The number of primary amides is 1. The molecule has 1 saturated carbocycles. The molecule has 1 aromatic rings. The smallest absolute Gasteiger partial charge is 0.248 e. The third-order valence-corrected chi connectivity index (χ3v) is 5.49. The Bertz CT molecular complexity index is 597. The van der Waals surface area contributed by atoms with Crippen molar-refractivity contribution in [1.29, 1.82) is 0 Å². The first-order valence-corrected chi connectivity index (χ1v) is 9.07. The molecule has 1 aliphatic carbocycles. The number of benzene rings is 1. The first kappa shape index (κ1) is 18.1. The van der Waals surface area contributed by atoms with Crippen LogP contribution in [0.4, 0.5) is 14.5 Å². The second-order valence-corrected chi connectivity index (χ2v) is 7.63. The molecule has 2 aliphatic rings. The van der Waals surface area contributed by atoms with E-state index in [0.29, 0.717) is 0 Å². The Morgan fingerprint density at radius 3 is 2.64 bits per heavy atom. The Balaban J connectivity index is 1.49. The van der Waals surface area contributed by atoms with Gasteiger partial charge in [0.15, 0.2) is 0 Å². The fraction of sp³-hybridized carbons (Fsp3) is 0.632. The quantitative estimate of drug-likeness (QED) is 0.827. The Kier molecular flexibility index (Phi) is 5.27. The highest BCUT2D eigenvalue weighted by atomic mass is 19.3. The van der Waals surface area contributed by atoms with Gasteiger partial charge in [-0.1, -0.05) is 12.1 Å². The number of anilines is 1. The van der Waals surface area contributed by atoms with E-state index >= 15 is 0 Å². The Labute approximate surface area is 147 Å². The summed E-state index contributed by atoms with van der Waals surface area (Å²) in [6.07, 6.45) is 1.84. The molecule has 6 heteroatoms. The predicted molar refractivity (Wildman–Crippen MR) is 94.4 cm³/mol. The maximum absolute atomic E-state index is 13.0. The van der Waals surface area contributed by atoms with Gasteiger partial charge in [0.25, 0.3) is 0 Å². The largest absolute Gasteiger partial charge is 0.382 e. The van der Waals surface area contributed by atoms with E-state index in [2.05, 4.69) is 22.3 Å². The lowest BCUT2D eigenvalue weighted by atomic mass is 9.77. The molecule has 2 atom stereocenters. The van der Waals surface area contributed by atoms with E-state index in [1.54, 1.807) is 0 Å². The molecule has 3 rings (SSSR count). The van der Waals surface area contributed by atoms with Crippen LogP contribution in [0.3, 0.4) is 0 Å². The zero-order valence-corrected chi connectivity index (χ0v) is 14.7. The average molecular weight is 351 g/mol. The van der Waals surface area contributed by atoms with Crippen molar-refractivity contribution in [3.05, 3.63) is 29.8 Å². The normalized spacial score (nSPS) is 25.2. The van der Waals surface area contributed by atoms with E-state index in [9.17, 15) is 13.6 Å². The first-order valence-electron chi connectivity index (χ1n) is 9.07.